The molecular weight excluding hydrogens is 282 g/mol. The first-order valence-corrected chi connectivity index (χ1v) is 8.10. The number of phenols is 1. The van der Waals surface area contributed by atoms with Gasteiger partial charge < -0.3 is 10.0 Å². The summed E-state index contributed by atoms with van der Waals surface area (Å²) in [5, 5.41) is 12.8. The number of rotatable bonds is 5. The molecule has 0 saturated carbocycles. The summed E-state index contributed by atoms with van der Waals surface area (Å²) < 4.78 is 0. The van der Waals surface area contributed by atoms with Crippen LogP contribution in [0.1, 0.15) is 12.0 Å². The number of hydrogen-bond acceptors (Lipinski definition) is 2. The lowest BCUT2D eigenvalue weighted by Crippen LogP contribution is -2.13. The highest BCUT2D eigenvalue weighted by Crippen LogP contribution is 2.35. The maximum Gasteiger partial charge on any atom is 0.123 e. The van der Waals surface area contributed by atoms with Crippen LogP contribution in [-0.4, -0.2) is 30.6 Å². The second-order valence-electron chi connectivity index (χ2n) is 6.28. The number of benzene rings is 3. The lowest BCUT2D eigenvalue weighted by Gasteiger charge is -2.14. The topological polar surface area (TPSA) is 23.5 Å². The van der Waals surface area contributed by atoms with Gasteiger partial charge in [-0.25, -0.2) is 0 Å². The summed E-state index contributed by atoms with van der Waals surface area (Å²) in [6, 6.07) is 20.6. The highest BCUT2D eigenvalue weighted by Gasteiger charge is 2.11. The van der Waals surface area contributed by atoms with Crippen LogP contribution < -0.4 is 0 Å². The molecule has 3 rings (SSSR count). The fourth-order valence-corrected chi connectivity index (χ4v) is 3.06. The van der Waals surface area contributed by atoms with Gasteiger partial charge in [0.1, 0.15) is 5.75 Å². The number of phenolic OH excluding ortho intramolecular Hbond substituents is 1. The van der Waals surface area contributed by atoms with E-state index in [1.165, 1.54) is 16.3 Å². The number of fused-ring (bicyclic) bond motifs is 1. The van der Waals surface area contributed by atoms with Gasteiger partial charge in [0.2, 0.25) is 0 Å². The van der Waals surface area contributed by atoms with Gasteiger partial charge in [-0.1, -0.05) is 48.5 Å². The van der Waals surface area contributed by atoms with Crippen LogP contribution in [0, 0.1) is 0 Å². The molecule has 0 aliphatic rings. The van der Waals surface area contributed by atoms with Crippen molar-refractivity contribution in [3.8, 4) is 16.9 Å². The third-order valence-electron chi connectivity index (χ3n) is 4.22. The molecular formula is C21H23NO. The Morgan fingerprint density at radius 2 is 1.65 bits per heavy atom. The molecule has 118 valence electrons. The lowest BCUT2D eigenvalue weighted by molar-refractivity contribution is 0.400. The van der Waals surface area contributed by atoms with Crippen LogP contribution in [0.2, 0.25) is 0 Å². The van der Waals surface area contributed by atoms with E-state index < -0.39 is 0 Å². The van der Waals surface area contributed by atoms with E-state index in [1.807, 2.05) is 6.07 Å². The van der Waals surface area contributed by atoms with Crippen LogP contribution in [0.15, 0.2) is 60.7 Å². The Labute approximate surface area is 138 Å². The maximum atomic E-state index is 10.4. The lowest BCUT2D eigenvalue weighted by atomic mass is 9.94. The Bertz CT molecular complexity index is 808. The highest BCUT2D eigenvalue weighted by atomic mass is 16.3. The van der Waals surface area contributed by atoms with Gasteiger partial charge >= 0.3 is 0 Å². The quantitative estimate of drug-likeness (QED) is 0.738. The van der Waals surface area contributed by atoms with Crippen molar-refractivity contribution in [3.05, 3.63) is 66.2 Å². The summed E-state index contributed by atoms with van der Waals surface area (Å²) in [7, 11) is 4.18. The summed E-state index contributed by atoms with van der Waals surface area (Å²) in [5.74, 6) is 0.364. The summed E-state index contributed by atoms with van der Waals surface area (Å²) in [5.41, 5.74) is 3.26. The fraction of sp³-hybridized carbons (Fsp3) is 0.238. The van der Waals surface area contributed by atoms with Crippen molar-refractivity contribution in [3.63, 3.8) is 0 Å². The fourth-order valence-electron chi connectivity index (χ4n) is 3.06. The highest BCUT2D eigenvalue weighted by molar-refractivity contribution is 5.88. The van der Waals surface area contributed by atoms with Crippen LogP contribution in [0.25, 0.3) is 21.9 Å². The monoisotopic (exact) mass is 305 g/mol. The first kappa shape index (κ1) is 15.6. The Kier molecular flexibility index (Phi) is 4.63. The molecule has 23 heavy (non-hydrogen) atoms. The van der Waals surface area contributed by atoms with Gasteiger partial charge in [-0.05, 0) is 67.5 Å². The predicted molar refractivity (Wildman–Crippen MR) is 97.9 cm³/mol. The molecule has 0 fully saturated rings. The molecule has 0 aromatic heterocycles. The van der Waals surface area contributed by atoms with E-state index in [1.54, 1.807) is 6.07 Å². The van der Waals surface area contributed by atoms with Gasteiger partial charge in [-0.2, -0.15) is 0 Å². The minimum atomic E-state index is 0.364. The van der Waals surface area contributed by atoms with E-state index in [0.29, 0.717) is 5.75 Å². The van der Waals surface area contributed by atoms with E-state index in [-0.39, 0.29) is 0 Å². The van der Waals surface area contributed by atoms with E-state index in [0.717, 1.165) is 30.5 Å². The molecule has 2 nitrogen and oxygen atoms in total. The molecule has 3 aromatic carbocycles. The van der Waals surface area contributed by atoms with Crippen LogP contribution in [0.5, 0.6) is 5.75 Å². The van der Waals surface area contributed by atoms with Crippen molar-refractivity contribution >= 4 is 10.8 Å². The van der Waals surface area contributed by atoms with Gasteiger partial charge in [0.15, 0.2) is 0 Å². The molecule has 0 unspecified atom stereocenters. The number of hydrogen-bond donors (Lipinski definition) is 1. The number of aryl methyl sites for hydroxylation is 1. The van der Waals surface area contributed by atoms with E-state index in [9.17, 15) is 5.11 Å². The van der Waals surface area contributed by atoms with Crippen LogP contribution >= 0.6 is 0 Å². The molecule has 0 bridgehead atoms. The van der Waals surface area contributed by atoms with Gasteiger partial charge in [0, 0.05) is 5.56 Å². The molecule has 3 aromatic rings. The second kappa shape index (κ2) is 6.84. The number of aromatic hydroxyl groups is 1. The zero-order valence-corrected chi connectivity index (χ0v) is 13.8. The molecule has 0 amide bonds. The number of nitrogens with zero attached hydrogens (tertiary/aromatic N) is 1. The van der Waals surface area contributed by atoms with E-state index in [4.69, 9.17) is 0 Å². The normalized spacial score (nSPS) is 11.3. The van der Waals surface area contributed by atoms with E-state index in [2.05, 4.69) is 67.5 Å². The zero-order chi connectivity index (χ0) is 16.2. The smallest absolute Gasteiger partial charge is 0.123 e. The van der Waals surface area contributed by atoms with Crippen LogP contribution in [-0.2, 0) is 6.42 Å². The predicted octanol–water partition coefficient (Wildman–Crippen LogP) is 4.71. The summed E-state index contributed by atoms with van der Waals surface area (Å²) in [6.07, 6.45) is 2.05. The molecule has 0 saturated heterocycles. The van der Waals surface area contributed by atoms with Gasteiger partial charge in [-0.3, -0.25) is 0 Å². The molecule has 0 spiro atoms. The van der Waals surface area contributed by atoms with Crippen molar-refractivity contribution in [1.29, 1.82) is 0 Å². The minimum Gasteiger partial charge on any atom is -0.507 e. The van der Waals surface area contributed by atoms with Gasteiger partial charge in [-0.15, -0.1) is 0 Å². The summed E-state index contributed by atoms with van der Waals surface area (Å²) in [4.78, 5) is 2.19. The Morgan fingerprint density at radius 1 is 0.870 bits per heavy atom. The average Bonchev–Trinajstić information content (AvgIpc) is 2.54. The third kappa shape index (κ3) is 3.54. The molecule has 0 aliphatic carbocycles. The Hall–Kier alpha value is -2.32. The van der Waals surface area contributed by atoms with Gasteiger partial charge in [0.25, 0.3) is 0 Å². The Balaban J connectivity index is 1.99. The third-order valence-corrected chi connectivity index (χ3v) is 4.22. The van der Waals surface area contributed by atoms with Crippen molar-refractivity contribution in [2.75, 3.05) is 20.6 Å². The molecule has 1 N–H and O–H groups in total. The SMILES string of the molecule is CN(C)CCCc1cccc(O)c1-c1ccc2ccccc2c1. The first-order chi connectivity index (χ1) is 11.1. The molecule has 0 heterocycles. The van der Waals surface area contributed by atoms with Crippen molar-refractivity contribution in [1.82, 2.24) is 4.90 Å². The average molecular weight is 305 g/mol. The Morgan fingerprint density at radius 3 is 2.43 bits per heavy atom. The van der Waals surface area contributed by atoms with Gasteiger partial charge in [0.05, 0.1) is 0 Å². The standard InChI is InChI=1S/C21H23NO/c1-22(2)14-6-10-17-9-5-11-20(23)21(17)19-13-12-16-7-3-4-8-18(16)15-19/h3-5,7-9,11-13,15,23H,6,10,14H2,1-2H3. The maximum absolute atomic E-state index is 10.4. The molecule has 2 heteroatoms. The largest absolute Gasteiger partial charge is 0.507 e. The minimum absolute atomic E-state index is 0.364. The van der Waals surface area contributed by atoms with E-state index >= 15 is 0 Å². The van der Waals surface area contributed by atoms with Crippen molar-refractivity contribution < 1.29 is 5.11 Å². The molecule has 0 aliphatic heterocycles. The molecule has 0 atom stereocenters. The molecule has 0 radical (unpaired) electrons. The summed E-state index contributed by atoms with van der Waals surface area (Å²) >= 11 is 0. The first-order valence-electron chi connectivity index (χ1n) is 8.10. The van der Waals surface area contributed by atoms with Crippen molar-refractivity contribution in [2.24, 2.45) is 0 Å². The van der Waals surface area contributed by atoms with Crippen molar-refractivity contribution in [2.45, 2.75) is 12.8 Å². The zero-order valence-electron chi connectivity index (χ0n) is 13.8. The second-order valence-corrected chi connectivity index (χ2v) is 6.28. The van der Waals surface area contributed by atoms with Crippen LogP contribution in [0.4, 0.5) is 0 Å². The summed E-state index contributed by atoms with van der Waals surface area (Å²) in [6.45, 7) is 1.05. The van der Waals surface area contributed by atoms with Crippen LogP contribution in [0.3, 0.4) is 0 Å².